The van der Waals surface area contributed by atoms with E-state index in [2.05, 4.69) is 33.9 Å². The Labute approximate surface area is 171 Å². The van der Waals surface area contributed by atoms with Gasteiger partial charge in [0, 0.05) is 10.2 Å². The Morgan fingerprint density at radius 1 is 1.11 bits per heavy atom. The molecule has 0 saturated heterocycles. The molecular weight excluding hydrogens is 434 g/mol. The number of carbonyl (C=O) groups excluding carboxylic acids is 2. The number of nitrogens with one attached hydrogen (secondary N) is 1. The van der Waals surface area contributed by atoms with Crippen molar-refractivity contribution in [3.05, 3.63) is 58.6 Å². The third-order valence-corrected chi connectivity index (χ3v) is 4.39. The topological polar surface area (TPSA) is 84.9 Å². The van der Waals surface area contributed by atoms with Crippen molar-refractivity contribution in [3.63, 3.8) is 0 Å². The molecule has 1 atom stereocenters. The Balaban J connectivity index is 1.97. The summed E-state index contributed by atoms with van der Waals surface area (Å²) in [6.07, 6.45) is -0.173. The molecule has 0 aliphatic rings. The summed E-state index contributed by atoms with van der Waals surface area (Å²) in [5, 5.41) is 12.1. The number of rotatable bonds is 8. The maximum Gasteiger partial charge on any atom is 0.412 e. The molecule has 0 aliphatic carbocycles. The van der Waals surface area contributed by atoms with E-state index in [4.69, 9.17) is 9.47 Å². The smallest absolute Gasteiger partial charge is 0.412 e. The van der Waals surface area contributed by atoms with E-state index in [0.29, 0.717) is 18.5 Å². The van der Waals surface area contributed by atoms with Crippen molar-refractivity contribution in [1.29, 1.82) is 0 Å². The third kappa shape index (κ3) is 7.52. The maximum absolute atomic E-state index is 12.2. The SMILES string of the molecule is O=C(CS)OCCC[C@@H](OC(=O)Nc1ccc(Br)cc1)c1ccc(O)cc1. The van der Waals surface area contributed by atoms with Crippen molar-refractivity contribution in [1.82, 2.24) is 0 Å². The number of carbonyl (C=O) groups is 2. The quantitative estimate of drug-likeness (QED) is 0.306. The first-order valence-electron chi connectivity index (χ1n) is 8.26. The van der Waals surface area contributed by atoms with Gasteiger partial charge < -0.3 is 14.6 Å². The van der Waals surface area contributed by atoms with Gasteiger partial charge in [-0.05, 0) is 54.8 Å². The lowest BCUT2D eigenvalue weighted by molar-refractivity contribution is -0.140. The molecule has 2 N–H and O–H groups in total. The maximum atomic E-state index is 12.2. The zero-order chi connectivity index (χ0) is 19.6. The van der Waals surface area contributed by atoms with Crippen molar-refractivity contribution < 1.29 is 24.2 Å². The average molecular weight is 454 g/mol. The minimum atomic E-state index is -0.595. The van der Waals surface area contributed by atoms with E-state index in [1.165, 1.54) is 12.1 Å². The van der Waals surface area contributed by atoms with Crippen LogP contribution in [0.15, 0.2) is 53.0 Å². The summed E-state index contributed by atoms with van der Waals surface area (Å²) in [5.41, 5.74) is 1.34. The Kier molecular flexibility index (Phi) is 8.47. The molecule has 1 amide bonds. The van der Waals surface area contributed by atoms with E-state index in [1.807, 2.05) is 12.1 Å². The van der Waals surface area contributed by atoms with Gasteiger partial charge in [-0.1, -0.05) is 28.1 Å². The van der Waals surface area contributed by atoms with Gasteiger partial charge in [0.2, 0.25) is 0 Å². The molecule has 0 spiro atoms. The van der Waals surface area contributed by atoms with Gasteiger partial charge >= 0.3 is 12.1 Å². The van der Waals surface area contributed by atoms with Gasteiger partial charge in [0.25, 0.3) is 0 Å². The van der Waals surface area contributed by atoms with Gasteiger partial charge in [-0.25, -0.2) is 4.79 Å². The average Bonchev–Trinajstić information content (AvgIpc) is 2.66. The van der Waals surface area contributed by atoms with Crippen LogP contribution in [0.2, 0.25) is 0 Å². The molecule has 0 aromatic heterocycles. The number of phenols is 1. The highest BCUT2D eigenvalue weighted by molar-refractivity contribution is 9.10. The van der Waals surface area contributed by atoms with Crippen LogP contribution in [0.4, 0.5) is 10.5 Å². The number of benzene rings is 2. The van der Waals surface area contributed by atoms with Crippen LogP contribution in [0.25, 0.3) is 0 Å². The predicted octanol–water partition coefficient (Wildman–Crippen LogP) is 4.70. The minimum absolute atomic E-state index is 0.0213. The predicted molar refractivity (Wildman–Crippen MR) is 109 cm³/mol. The summed E-state index contributed by atoms with van der Waals surface area (Å²) in [6.45, 7) is 0.214. The van der Waals surface area contributed by atoms with E-state index < -0.39 is 18.2 Å². The number of phenolic OH excluding ortho intramolecular Hbond substituents is 1. The van der Waals surface area contributed by atoms with E-state index in [1.54, 1.807) is 24.3 Å². The number of aromatic hydroxyl groups is 1. The van der Waals surface area contributed by atoms with Crippen LogP contribution in [-0.2, 0) is 14.3 Å². The number of halogens is 1. The van der Waals surface area contributed by atoms with Crippen molar-refractivity contribution in [3.8, 4) is 5.75 Å². The fraction of sp³-hybridized carbons (Fsp3) is 0.263. The first-order valence-corrected chi connectivity index (χ1v) is 9.69. The Bertz CT molecular complexity index is 752. The second kappa shape index (κ2) is 10.8. The van der Waals surface area contributed by atoms with Gasteiger partial charge in [0.1, 0.15) is 11.9 Å². The molecule has 27 heavy (non-hydrogen) atoms. The van der Waals surface area contributed by atoms with Crippen molar-refractivity contribution in [2.45, 2.75) is 18.9 Å². The molecular formula is C19H20BrNO5S. The van der Waals surface area contributed by atoms with Crippen molar-refractivity contribution >= 4 is 46.3 Å². The molecule has 0 aliphatic heterocycles. The summed E-state index contributed by atoms with van der Waals surface area (Å²) in [6, 6.07) is 13.5. The van der Waals surface area contributed by atoms with Gasteiger partial charge in [0.05, 0.1) is 12.4 Å². The molecule has 2 aromatic rings. The molecule has 2 rings (SSSR count). The van der Waals surface area contributed by atoms with Crippen LogP contribution in [-0.4, -0.2) is 29.5 Å². The van der Waals surface area contributed by atoms with E-state index in [9.17, 15) is 14.7 Å². The Morgan fingerprint density at radius 3 is 2.41 bits per heavy atom. The van der Waals surface area contributed by atoms with Crippen LogP contribution in [0.3, 0.4) is 0 Å². The highest BCUT2D eigenvalue weighted by Crippen LogP contribution is 2.25. The minimum Gasteiger partial charge on any atom is -0.508 e. The summed E-state index contributed by atoms with van der Waals surface area (Å²) >= 11 is 7.18. The largest absolute Gasteiger partial charge is 0.508 e. The van der Waals surface area contributed by atoms with E-state index in [0.717, 1.165) is 10.0 Å². The van der Waals surface area contributed by atoms with E-state index in [-0.39, 0.29) is 18.1 Å². The third-order valence-electron chi connectivity index (χ3n) is 3.61. The molecule has 6 nitrogen and oxygen atoms in total. The fourth-order valence-electron chi connectivity index (χ4n) is 2.29. The summed E-state index contributed by atoms with van der Waals surface area (Å²) in [7, 11) is 0. The molecule has 8 heteroatoms. The monoisotopic (exact) mass is 453 g/mol. The van der Waals surface area contributed by atoms with Crippen LogP contribution >= 0.6 is 28.6 Å². The van der Waals surface area contributed by atoms with Crippen molar-refractivity contribution in [2.75, 3.05) is 17.7 Å². The first-order chi connectivity index (χ1) is 13.0. The number of ether oxygens (including phenoxy) is 2. The van der Waals surface area contributed by atoms with Crippen molar-refractivity contribution in [2.24, 2.45) is 0 Å². The number of hydrogen-bond acceptors (Lipinski definition) is 6. The second-order valence-electron chi connectivity index (χ2n) is 5.64. The molecule has 2 aromatic carbocycles. The van der Waals surface area contributed by atoms with E-state index >= 15 is 0 Å². The molecule has 0 unspecified atom stereocenters. The molecule has 0 heterocycles. The summed E-state index contributed by atoms with van der Waals surface area (Å²) in [5.74, 6) is -0.249. The molecule has 144 valence electrons. The molecule has 0 fully saturated rings. The Morgan fingerprint density at radius 2 is 1.78 bits per heavy atom. The van der Waals surface area contributed by atoms with Crippen LogP contribution in [0.5, 0.6) is 5.75 Å². The second-order valence-corrected chi connectivity index (χ2v) is 6.87. The summed E-state index contributed by atoms with van der Waals surface area (Å²) in [4.78, 5) is 23.4. The zero-order valence-electron chi connectivity index (χ0n) is 14.4. The summed E-state index contributed by atoms with van der Waals surface area (Å²) < 4.78 is 11.4. The van der Waals surface area contributed by atoms with Crippen LogP contribution in [0.1, 0.15) is 24.5 Å². The van der Waals surface area contributed by atoms with Gasteiger partial charge in [0.15, 0.2) is 0 Å². The lowest BCUT2D eigenvalue weighted by Gasteiger charge is -2.19. The lowest BCUT2D eigenvalue weighted by atomic mass is 10.0. The molecule has 0 bridgehead atoms. The normalized spacial score (nSPS) is 11.5. The fourth-order valence-corrected chi connectivity index (χ4v) is 2.65. The number of hydrogen-bond donors (Lipinski definition) is 3. The van der Waals surface area contributed by atoms with Crippen LogP contribution < -0.4 is 5.32 Å². The number of esters is 1. The highest BCUT2D eigenvalue weighted by atomic mass is 79.9. The zero-order valence-corrected chi connectivity index (χ0v) is 16.9. The highest BCUT2D eigenvalue weighted by Gasteiger charge is 2.17. The Hall–Kier alpha value is -2.19. The van der Waals surface area contributed by atoms with Crippen LogP contribution in [0, 0.1) is 0 Å². The lowest BCUT2D eigenvalue weighted by Crippen LogP contribution is -2.18. The number of amides is 1. The molecule has 0 saturated carbocycles. The van der Waals surface area contributed by atoms with Gasteiger partial charge in [-0.3, -0.25) is 10.1 Å². The van der Waals surface area contributed by atoms with Gasteiger partial charge in [-0.15, -0.1) is 0 Å². The first kappa shape index (κ1) is 21.1. The molecule has 0 radical (unpaired) electrons. The standard InChI is InChI=1S/C19H20BrNO5S/c20-14-5-7-15(8-6-14)21-19(24)26-17(2-1-11-25-18(23)12-27)13-3-9-16(22)10-4-13/h3-10,17,22,27H,1-2,11-12H2,(H,21,24)/t17-/m1/s1. The number of anilines is 1. The number of thiol groups is 1. The van der Waals surface area contributed by atoms with Gasteiger partial charge in [-0.2, -0.15) is 12.6 Å².